The van der Waals surface area contributed by atoms with Crippen LogP contribution in [0.25, 0.3) is 10.9 Å². The molecule has 1 aromatic heterocycles. The van der Waals surface area contributed by atoms with E-state index in [0.717, 1.165) is 10.5 Å². The van der Waals surface area contributed by atoms with Gasteiger partial charge in [0.2, 0.25) is 0 Å². The molecule has 1 unspecified atom stereocenters. The normalized spacial score (nSPS) is 19.1. The van der Waals surface area contributed by atoms with Gasteiger partial charge in [0.25, 0.3) is 0 Å². The molecule has 2 heterocycles. The second-order valence-corrected chi connectivity index (χ2v) is 7.18. The number of hydrogen-bond acceptors (Lipinski definition) is 2. The fraction of sp³-hybridized carbons (Fsp3) is 0.556. The molecule has 3 N–H and O–H groups in total. The van der Waals surface area contributed by atoms with Gasteiger partial charge in [-0.2, -0.15) is 0 Å². The van der Waals surface area contributed by atoms with Crippen molar-refractivity contribution in [3.63, 3.8) is 0 Å². The first kappa shape index (κ1) is 15.9. The third-order valence-corrected chi connectivity index (χ3v) is 5.44. The quantitative estimate of drug-likeness (QED) is 0.895. The summed E-state index contributed by atoms with van der Waals surface area (Å²) >= 11 is 6.18. The molecule has 0 bridgehead atoms. The summed E-state index contributed by atoms with van der Waals surface area (Å²) in [5.41, 5.74) is 8.64. The van der Waals surface area contributed by atoms with E-state index in [1.807, 2.05) is 6.07 Å². The molecule has 2 aromatic rings. The van der Waals surface area contributed by atoms with E-state index in [2.05, 4.69) is 42.1 Å². The van der Waals surface area contributed by atoms with Gasteiger partial charge in [-0.1, -0.05) is 11.6 Å². The van der Waals surface area contributed by atoms with Crippen LogP contribution in [-0.4, -0.2) is 35.6 Å². The van der Waals surface area contributed by atoms with E-state index in [1.165, 1.54) is 36.9 Å². The predicted molar refractivity (Wildman–Crippen MR) is 94.5 cm³/mol. The van der Waals surface area contributed by atoms with Crippen molar-refractivity contribution in [1.82, 2.24) is 9.88 Å². The summed E-state index contributed by atoms with van der Waals surface area (Å²) in [6.07, 6.45) is 4.59. The number of nitrogens with one attached hydrogen (secondary N) is 1. The highest BCUT2D eigenvalue weighted by atomic mass is 35.5. The maximum absolute atomic E-state index is 6.18. The van der Waals surface area contributed by atoms with E-state index < -0.39 is 0 Å². The molecule has 1 aromatic carbocycles. The Labute approximate surface area is 137 Å². The van der Waals surface area contributed by atoms with Crippen molar-refractivity contribution in [3.05, 3.63) is 35.0 Å². The van der Waals surface area contributed by atoms with Crippen LogP contribution < -0.4 is 5.73 Å². The molecule has 0 aliphatic carbocycles. The number of halogens is 1. The standard InChI is InChI=1S/C18H26ClN3/c1-12(2)22-7-5-13(6-8-22)16(10-20)17-11-21-18-4-3-14(19)9-15(17)18/h3-4,9,11-13,16,21H,5-8,10,20H2,1-2H3. The van der Waals surface area contributed by atoms with Crippen LogP contribution >= 0.6 is 11.6 Å². The smallest absolute Gasteiger partial charge is 0.0457 e. The van der Waals surface area contributed by atoms with Gasteiger partial charge in [-0.25, -0.2) is 0 Å². The Hall–Kier alpha value is -1.03. The summed E-state index contributed by atoms with van der Waals surface area (Å²) in [4.78, 5) is 5.94. The molecular formula is C18H26ClN3. The largest absolute Gasteiger partial charge is 0.361 e. The Bertz CT molecular complexity index is 626. The molecule has 3 rings (SSSR count). The predicted octanol–water partition coefficient (Wildman–Crippen LogP) is 3.98. The maximum Gasteiger partial charge on any atom is 0.0457 e. The van der Waals surface area contributed by atoms with Gasteiger partial charge in [-0.3, -0.25) is 0 Å². The molecule has 1 atom stereocenters. The fourth-order valence-corrected chi connectivity index (χ4v) is 4.00. The number of hydrogen-bond donors (Lipinski definition) is 2. The van der Waals surface area contributed by atoms with Crippen LogP contribution in [-0.2, 0) is 0 Å². The van der Waals surface area contributed by atoms with E-state index in [4.69, 9.17) is 17.3 Å². The van der Waals surface area contributed by atoms with Gasteiger partial charge >= 0.3 is 0 Å². The number of fused-ring (bicyclic) bond motifs is 1. The van der Waals surface area contributed by atoms with Crippen LogP contribution in [0.15, 0.2) is 24.4 Å². The zero-order valence-corrected chi connectivity index (χ0v) is 14.2. The Kier molecular flexibility index (Phi) is 4.76. The fourth-order valence-electron chi connectivity index (χ4n) is 3.83. The molecule has 0 amide bonds. The van der Waals surface area contributed by atoms with Gasteiger partial charge in [0.05, 0.1) is 0 Å². The van der Waals surface area contributed by atoms with E-state index in [-0.39, 0.29) is 0 Å². The van der Waals surface area contributed by atoms with Crippen LogP contribution in [0.1, 0.15) is 38.2 Å². The SMILES string of the molecule is CC(C)N1CCC(C(CN)c2c[nH]c3ccc(Cl)cc23)CC1. The van der Waals surface area contributed by atoms with Crippen LogP contribution in [0.4, 0.5) is 0 Å². The number of H-pyrrole nitrogens is 1. The van der Waals surface area contributed by atoms with Gasteiger partial charge in [0.1, 0.15) is 0 Å². The molecule has 120 valence electrons. The second-order valence-electron chi connectivity index (χ2n) is 6.74. The minimum absolute atomic E-state index is 0.418. The minimum atomic E-state index is 0.418. The van der Waals surface area contributed by atoms with Crippen LogP contribution in [0, 0.1) is 5.92 Å². The topological polar surface area (TPSA) is 45.0 Å². The summed E-state index contributed by atoms with van der Waals surface area (Å²) in [5.74, 6) is 1.08. The monoisotopic (exact) mass is 319 g/mol. The minimum Gasteiger partial charge on any atom is -0.361 e. The Morgan fingerprint density at radius 1 is 1.32 bits per heavy atom. The Morgan fingerprint density at radius 2 is 2.05 bits per heavy atom. The lowest BCUT2D eigenvalue weighted by Crippen LogP contribution is -2.40. The molecule has 0 saturated carbocycles. The van der Waals surface area contributed by atoms with Crippen molar-refractivity contribution in [3.8, 4) is 0 Å². The molecule has 3 nitrogen and oxygen atoms in total. The highest BCUT2D eigenvalue weighted by Crippen LogP contribution is 2.36. The Balaban J connectivity index is 1.83. The third-order valence-electron chi connectivity index (χ3n) is 5.20. The molecule has 1 aliphatic heterocycles. The van der Waals surface area contributed by atoms with Gasteiger partial charge in [0, 0.05) is 34.1 Å². The van der Waals surface area contributed by atoms with Gasteiger partial charge in [-0.05, 0) is 76.0 Å². The lowest BCUT2D eigenvalue weighted by molar-refractivity contribution is 0.138. The van der Waals surface area contributed by atoms with Crippen molar-refractivity contribution in [2.75, 3.05) is 19.6 Å². The van der Waals surface area contributed by atoms with Crippen LogP contribution in [0.2, 0.25) is 5.02 Å². The molecule has 0 spiro atoms. The number of rotatable bonds is 4. The van der Waals surface area contributed by atoms with Crippen LogP contribution in [0.5, 0.6) is 0 Å². The highest BCUT2D eigenvalue weighted by molar-refractivity contribution is 6.31. The summed E-state index contributed by atoms with van der Waals surface area (Å²) in [5, 5.41) is 2.02. The average Bonchev–Trinajstić information content (AvgIpc) is 2.92. The third kappa shape index (κ3) is 3.03. The lowest BCUT2D eigenvalue weighted by atomic mass is 9.80. The van der Waals surface area contributed by atoms with E-state index in [9.17, 15) is 0 Å². The maximum atomic E-state index is 6.18. The number of benzene rings is 1. The van der Waals surface area contributed by atoms with E-state index in [0.29, 0.717) is 24.4 Å². The first-order valence-electron chi connectivity index (χ1n) is 8.30. The first-order chi connectivity index (χ1) is 10.6. The molecule has 4 heteroatoms. The molecular weight excluding hydrogens is 294 g/mol. The van der Waals surface area contributed by atoms with Crippen molar-refractivity contribution in [2.45, 2.75) is 38.6 Å². The number of nitrogens with two attached hydrogens (primary N) is 1. The molecule has 1 saturated heterocycles. The van der Waals surface area contributed by atoms with Crippen molar-refractivity contribution in [2.24, 2.45) is 11.7 Å². The summed E-state index contributed by atoms with van der Waals surface area (Å²) < 4.78 is 0. The van der Waals surface area contributed by atoms with Crippen molar-refractivity contribution in [1.29, 1.82) is 0 Å². The summed E-state index contributed by atoms with van der Waals surface area (Å²) in [7, 11) is 0. The summed E-state index contributed by atoms with van der Waals surface area (Å²) in [6, 6.07) is 6.69. The molecule has 0 radical (unpaired) electrons. The second kappa shape index (κ2) is 6.61. The number of nitrogens with zero attached hydrogens (tertiary/aromatic N) is 1. The number of aromatic nitrogens is 1. The Morgan fingerprint density at radius 3 is 2.68 bits per heavy atom. The number of piperidine rings is 1. The number of aromatic amines is 1. The van der Waals surface area contributed by atoms with Crippen LogP contribution in [0.3, 0.4) is 0 Å². The first-order valence-corrected chi connectivity index (χ1v) is 8.68. The van der Waals surface area contributed by atoms with Gasteiger partial charge < -0.3 is 15.6 Å². The van der Waals surface area contributed by atoms with Crippen molar-refractivity contribution >= 4 is 22.5 Å². The highest BCUT2D eigenvalue weighted by Gasteiger charge is 2.29. The van der Waals surface area contributed by atoms with Crippen molar-refractivity contribution < 1.29 is 0 Å². The van der Waals surface area contributed by atoms with E-state index >= 15 is 0 Å². The average molecular weight is 320 g/mol. The summed E-state index contributed by atoms with van der Waals surface area (Å²) in [6.45, 7) is 7.63. The lowest BCUT2D eigenvalue weighted by Gasteiger charge is -2.37. The molecule has 1 fully saturated rings. The zero-order valence-electron chi connectivity index (χ0n) is 13.5. The molecule has 22 heavy (non-hydrogen) atoms. The van der Waals surface area contributed by atoms with Gasteiger partial charge in [-0.15, -0.1) is 0 Å². The molecule has 1 aliphatic rings. The van der Waals surface area contributed by atoms with Gasteiger partial charge in [0.15, 0.2) is 0 Å². The van der Waals surface area contributed by atoms with E-state index in [1.54, 1.807) is 0 Å². The zero-order chi connectivity index (χ0) is 15.7. The number of likely N-dealkylation sites (tertiary alicyclic amines) is 1.